The van der Waals surface area contributed by atoms with E-state index in [4.69, 9.17) is 37.0 Å². The zero-order valence-corrected chi connectivity index (χ0v) is 57.2. The summed E-state index contributed by atoms with van der Waals surface area (Å²) >= 11 is 0. The number of carbonyl (C=O) groups is 4. The summed E-state index contributed by atoms with van der Waals surface area (Å²) in [4.78, 5) is 72.1. The predicted octanol–water partition coefficient (Wildman–Crippen LogP) is 19.0. The van der Waals surface area contributed by atoms with Crippen LogP contribution in [-0.4, -0.2) is 96.7 Å². The van der Waals surface area contributed by atoms with Gasteiger partial charge in [0, 0.05) is 25.7 Å². The van der Waals surface area contributed by atoms with Crippen LogP contribution in [0.15, 0.2) is 0 Å². The van der Waals surface area contributed by atoms with Crippen LogP contribution in [0.2, 0.25) is 0 Å². The molecule has 0 aromatic rings. The van der Waals surface area contributed by atoms with Gasteiger partial charge in [-0.1, -0.05) is 291 Å². The van der Waals surface area contributed by atoms with Crippen LogP contribution in [-0.2, 0) is 65.4 Å². The first kappa shape index (κ1) is 84.1. The molecule has 0 saturated heterocycles. The van der Waals surface area contributed by atoms with Gasteiger partial charge in [0.2, 0.25) is 0 Å². The van der Waals surface area contributed by atoms with Crippen LogP contribution in [0, 0.1) is 5.92 Å². The lowest BCUT2D eigenvalue weighted by molar-refractivity contribution is -0.161. The number of rotatable bonds is 67. The maximum atomic E-state index is 13.0. The fraction of sp³-hybridized carbons (Fsp3) is 0.940. The van der Waals surface area contributed by atoms with Crippen LogP contribution in [0.5, 0.6) is 0 Å². The molecule has 0 aliphatic heterocycles. The summed E-state index contributed by atoms with van der Waals surface area (Å²) in [5.74, 6) is -1.39. The number of hydrogen-bond donors (Lipinski definition) is 3. The van der Waals surface area contributed by atoms with E-state index in [2.05, 4.69) is 34.6 Å². The van der Waals surface area contributed by atoms with Gasteiger partial charge in [-0.25, -0.2) is 9.13 Å². The molecule has 3 N–H and O–H groups in total. The normalized spacial score (nSPS) is 14.2. The number of esters is 4. The molecule has 0 aromatic heterocycles. The number of carbonyl (C=O) groups excluding carboxylic acids is 4. The molecule has 0 bridgehead atoms. The first-order valence-electron chi connectivity index (χ1n) is 35.1. The molecule has 0 rings (SSSR count). The minimum absolute atomic E-state index is 0.105. The standard InChI is InChI=1S/C67H130O17P2/c1-6-9-12-15-18-20-21-22-23-24-25-26-27-28-29-32-38-43-48-53-67(72)84-63(57-78-65(70)51-46-41-37-33-30-31-35-39-44-49-60(4)5)59-82-86(75,76)80-55-61(68)54-79-85(73,74)81-58-62(56-77-64(69)50-45-40-34-17-14-11-8-3)83-66(71)52-47-42-36-19-16-13-10-7-2/h60-63,68H,6-59H2,1-5H3,(H,73,74)(H,75,76)/t61-,62+,63+/m0/s1. The summed E-state index contributed by atoms with van der Waals surface area (Å²) in [6.07, 6.45) is 46.1. The molecule has 0 aromatic carbocycles. The Balaban J connectivity index is 5.14. The lowest BCUT2D eigenvalue weighted by Crippen LogP contribution is -2.30. The Morgan fingerprint density at radius 2 is 0.535 bits per heavy atom. The van der Waals surface area contributed by atoms with Gasteiger partial charge in [-0.05, 0) is 31.6 Å². The van der Waals surface area contributed by atoms with E-state index in [0.717, 1.165) is 115 Å². The molecule has 5 atom stereocenters. The quantitative estimate of drug-likeness (QED) is 0.0222. The molecule has 0 saturated carbocycles. The van der Waals surface area contributed by atoms with Crippen molar-refractivity contribution in [3.05, 3.63) is 0 Å². The molecule has 19 heteroatoms. The fourth-order valence-electron chi connectivity index (χ4n) is 10.1. The van der Waals surface area contributed by atoms with Crippen molar-refractivity contribution in [1.29, 1.82) is 0 Å². The minimum Gasteiger partial charge on any atom is -0.462 e. The third kappa shape index (κ3) is 60.9. The van der Waals surface area contributed by atoms with Crippen molar-refractivity contribution >= 4 is 39.5 Å². The predicted molar refractivity (Wildman–Crippen MR) is 345 cm³/mol. The fourth-order valence-corrected chi connectivity index (χ4v) is 11.7. The van der Waals surface area contributed by atoms with Crippen molar-refractivity contribution in [2.45, 2.75) is 361 Å². The average molecular weight is 1270 g/mol. The van der Waals surface area contributed by atoms with Crippen molar-refractivity contribution in [1.82, 2.24) is 0 Å². The molecule has 17 nitrogen and oxygen atoms in total. The Kier molecular flexibility index (Phi) is 59.2. The molecular weight excluding hydrogens is 1140 g/mol. The summed E-state index contributed by atoms with van der Waals surface area (Å²) in [5, 5.41) is 10.5. The van der Waals surface area contributed by atoms with Gasteiger partial charge in [0.15, 0.2) is 12.2 Å². The van der Waals surface area contributed by atoms with Gasteiger partial charge >= 0.3 is 39.5 Å². The van der Waals surface area contributed by atoms with Crippen molar-refractivity contribution in [2.75, 3.05) is 39.6 Å². The van der Waals surface area contributed by atoms with E-state index < -0.39 is 97.5 Å². The molecule has 86 heavy (non-hydrogen) atoms. The van der Waals surface area contributed by atoms with Crippen LogP contribution in [0.25, 0.3) is 0 Å². The highest BCUT2D eigenvalue weighted by Gasteiger charge is 2.30. The van der Waals surface area contributed by atoms with Crippen LogP contribution < -0.4 is 0 Å². The van der Waals surface area contributed by atoms with Crippen LogP contribution in [0.1, 0.15) is 343 Å². The third-order valence-electron chi connectivity index (χ3n) is 15.5. The van der Waals surface area contributed by atoms with Gasteiger partial charge in [0.05, 0.1) is 26.4 Å². The zero-order chi connectivity index (χ0) is 63.5. The second-order valence-corrected chi connectivity index (χ2v) is 27.6. The summed E-state index contributed by atoms with van der Waals surface area (Å²) in [6.45, 7) is 7.13. The second-order valence-electron chi connectivity index (χ2n) is 24.7. The van der Waals surface area contributed by atoms with Crippen LogP contribution >= 0.6 is 15.6 Å². The Morgan fingerprint density at radius 3 is 0.791 bits per heavy atom. The van der Waals surface area contributed by atoms with Crippen molar-refractivity contribution in [3.8, 4) is 0 Å². The molecule has 2 unspecified atom stereocenters. The molecule has 0 aliphatic carbocycles. The number of phosphoric acid groups is 2. The van der Waals surface area contributed by atoms with E-state index in [0.29, 0.717) is 25.7 Å². The summed E-state index contributed by atoms with van der Waals surface area (Å²) in [6, 6.07) is 0. The number of unbranched alkanes of at least 4 members (excludes halogenated alkanes) is 39. The summed E-state index contributed by atoms with van der Waals surface area (Å²) < 4.78 is 68.0. The van der Waals surface area contributed by atoms with Crippen molar-refractivity contribution in [2.24, 2.45) is 5.92 Å². The number of aliphatic hydroxyl groups is 1. The van der Waals surface area contributed by atoms with E-state index in [9.17, 15) is 43.2 Å². The van der Waals surface area contributed by atoms with E-state index >= 15 is 0 Å². The Morgan fingerprint density at radius 1 is 0.314 bits per heavy atom. The van der Waals surface area contributed by atoms with Gasteiger partial charge in [-0.3, -0.25) is 37.3 Å². The van der Waals surface area contributed by atoms with Crippen molar-refractivity contribution in [3.63, 3.8) is 0 Å². The van der Waals surface area contributed by atoms with Gasteiger partial charge < -0.3 is 33.8 Å². The Labute approximate surface area is 524 Å². The smallest absolute Gasteiger partial charge is 0.462 e. The molecule has 0 amide bonds. The lowest BCUT2D eigenvalue weighted by Gasteiger charge is -2.21. The molecule has 0 radical (unpaired) electrons. The van der Waals surface area contributed by atoms with Crippen molar-refractivity contribution < 1.29 is 80.2 Å². The maximum absolute atomic E-state index is 13.0. The lowest BCUT2D eigenvalue weighted by atomic mass is 10.0. The highest BCUT2D eigenvalue weighted by molar-refractivity contribution is 7.47. The first-order valence-corrected chi connectivity index (χ1v) is 38.1. The molecule has 0 aliphatic rings. The number of ether oxygens (including phenoxy) is 4. The monoisotopic (exact) mass is 1270 g/mol. The van der Waals surface area contributed by atoms with E-state index in [1.807, 2.05) is 0 Å². The second kappa shape index (κ2) is 60.6. The average Bonchev–Trinajstić information content (AvgIpc) is 3.65. The van der Waals surface area contributed by atoms with E-state index in [1.54, 1.807) is 0 Å². The van der Waals surface area contributed by atoms with Crippen LogP contribution in [0.3, 0.4) is 0 Å². The van der Waals surface area contributed by atoms with E-state index in [1.165, 1.54) is 148 Å². The van der Waals surface area contributed by atoms with Gasteiger partial charge in [0.1, 0.15) is 19.3 Å². The zero-order valence-electron chi connectivity index (χ0n) is 55.4. The number of aliphatic hydroxyl groups excluding tert-OH is 1. The number of phosphoric ester groups is 2. The molecule has 0 spiro atoms. The van der Waals surface area contributed by atoms with Gasteiger partial charge in [-0.2, -0.15) is 0 Å². The maximum Gasteiger partial charge on any atom is 0.472 e. The minimum atomic E-state index is -4.95. The number of hydrogen-bond acceptors (Lipinski definition) is 15. The first-order chi connectivity index (χ1) is 41.5. The summed E-state index contributed by atoms with van der Waals surface area (Å²) in [7, 11) is -9.88. The topological polar surface area (TPSA) is 237 Å². The Bertz CT molecular complexity index is 1670. The molecular formula is C67H130O17P2. The van der Waals surface area contributed by atoms with Crippen LogP contribution in [0.4, 0.5) is 0 Å². The Hall–Kier alpha value is -1.94. The highest BCUT2D eigenvalue weighted by Crippen LogP contribution is 2.45. The summed E-state index contributed by atoms with van der Waals surface area (Å²) in [5.41, 5.74) is 0. The van der Waals surface area contributed by atoms with Gasteiger partial charge in [0.25, 0.3) is 0 Å². The molecule has 510 valence electrons. The molecule has 0 heterocycles. The van der Waals surface area contributed by atoms with Gasteiger partial charge in [-0.15, -0.1) is 0 Å². The third-order valence-corrected chi connectivity index (χ3v) is 17.4. The largest absolute Gasteiger partial charge is 0.472 e. The SMILES string of the molecule is CCCCCCCCCCCCCCCCCCCCCC(=O)O[C@H](COC(=O)CCCCCCCCCCCC(C)C)COP(=O)(O)OC[C@@H](O)COP(=O)(O)OC[C@@H](COC(=O)CCCCCCCCC)OC(=O)CCCCCCCCCC. The molecule has 0 fully saturated rings. The highest BCUT2D eigenvalue weighted by atomic mass is 31.2. The van der Waals surface area contributed by atoms with E-state index in [-0.39, 0.29) is 25.7 Å².